The minimum Gasteiger partial charge on any atom is -0.399 e. The molecule has 0 aromatic carbocycles. The van der Waals surface area contributed by atoms with Crippen LogP contribution in [0, 0.1) is 0 Å². The minimum atomic E-state index is -0.362. The molecule has 1 atom stereocenters. The summed E-state index contributed by atoms with van der Waals surface area (Å²) < 4.78 is 0. The topological polar surface area (TPSA) is 41.8 Å². The van der Waals surface area contributed by atoms with E-state index < -0.39 is 0 Å². The Morgan fingerprint density at radius 2 is 2.67 bits per heavy atom. The van der Waals surface area contributed by atoms with Crippen LogP contribution in [0.2, 0.25) is 0 Å². The maximum absolute atomic E-state index is 8.90. The molecule has 3 heteroatoms. The van der Waals surface area contributed by atoms with Gasteiger partial charge in [0.1, 0.15) is 7.11 Å². The molecule has 1 aliphatic rings. The van der Waals surface area contributed by atoms with Crippen molar-refractivity contribution in [3.63, 3.8) is 0 Å². The summed E-state index contributed by atoms with van der Waals surface area (Å²) in [6.45, 7) is 0. The van der Waals surface area contributed by atoms with E-state index >= 15 is 0 Å². The van der Waals surface area contributed by atoms with Crippen LogP contribution in [-0.4, -0.2) is 24.0 Å². The van der Waals surface area contributed by atoms with E-state index in [0.29, 0.717) is 6.42 Å². The van der Waals surface area contributed by atoms with Gasteiger partial charge in [0, 0.05) is 6.42 Å². The first-order chi connectivity index (χ1) is 4.33. The summed E-state index contributed by atoms with van der Waals surface area (Å²) in [7, 11) is 1.49. The Hall–Kier alpha value is -0.830. The van der Waals surface area contributed by atoms with Crippen LogP contribution in [0.4, 0.5) is 0 Å². The van der Waals surface area contributed by atoms with Gasteiger partial charge in [-0.3, -0.25) is 0 Å². The standard InChI is InChI=1S/C6H9NO2/c1-9-7-5-2-3-6(8)4-5/h2-3,6,8H,4H2,1H3/b7-5+. The molecular formula is C6H9NO2. The fourth-order valence-electron chi connectivity index (χ4n) is 0.757. The minimum absolute atomic E-state index is 0.362. The van der Waals surface area contributed by atoms with E-state index in [1.807, 2.05) is 0 Å². The Kier molecular flexibility index (Phi) is 1.85. The number of aliphatic hydroxyl groups excluding tert-OH is 1. The zero-order chi connectivity index (χ0) is 6.69. The van der Waals surface area contributed by atoms with Crippen LogP contribution in [0.25, 0.3) is 0 Å². The first kappa shape index (κ1) is 6.29. The molecule has 0 aliphatic heterocycles. The summed E-state index contributed by atoms with van der Waals surface area (Å²) in [6, 6.07) is 0. The summed E-state index contributed by atoms with van der Waals surface area (Å²) >= 11 is 0. The summed E-state index contributed by atoms with van der Waals surface area (Å²) in [5, 5.41) is 12.5. The molecule has 0 aromatic rings. The number of nitrogens with zero attached hydrogens (tertiary/aromatic N) is 1. The van der Waals surface area contributed by atoms with Crippen LogP contribution >= 0.6 is 0 Å². The first-order valence-electron chi connectivity index (χ1n) is 2.79. The van der Waals surface area contributed by atoms with Gasteiger partial charge in [-0.15, -0.1) is 0 Å². The van der Waals surface area contributed by atoms with Crippen molar-refractivity contribution in [2.75, 3.05) is 7.11 Å². The molecule has 3 nitrogen and oxygen atoms in total. The van der Waals surface area contributed by atoms with E-state index in [4.69, 9.17) is 5.11 Å². The van der Waals surface area contributed by atoms with Crippen molar-refractivity contribution in [1.29, 1.82) is 0 Å². The molecule has 0 aromatic heterocycles. The van der Waals surface area contributed by atoms with Gasteiger partial charge in [-0.2, -0.15) is 0 Å². The molecule has 0 fully saturated rings. The molecule has 50 valence electrons. The van der Waals surface area contributed by atoms with Gasteiger partial charge in [0.25, 0.3) is 0 Å². The van der Waals surface area contributed by atoms with E-state index in [2.05, 4.69) is 9.99 Å². The zero-order valence-corrected chi connectivity index (χ0v) is 5.24. The van der Waals surface area contributed by atoms with Crippen molar-refractivity contribution >= 4 is 5.71 Å². The molecule has 9 heavy (non-hydrogen) atoms. The first-order valence-corrected chi connectivity index (χ1v) is 2.79. The SMILES string of the molecule is CO/N=C1\C=CC(O)C1. The molecule has 1 rings (SSSR count). The Bertz CT molecular complexity index is 151. The fourth-order valence-corrected chi connectivity index (χ4v) is 0.757. The summed E-state index contributed by atoms with van der Waals surface area (Å²) in [6.07, 6.45) is 3.67. The average molecular weight is 127 g/mol. The van der Waals surface area contributed by atoms with Gasteiger partial charge in [0.15, 0.2) is 0 Å². The highest BCUT2D eigenvalue weighted by molar-refractivity contribution is 5.97. The highest BCUT2D eigenvalue weighted by Gasteiger charge is 2.10. The van der Waals surface area contributed by atoms with Gasteiger partial charge < -0.3 is 9.94 Å². The van der Waals surface area contributed by atoms with Crippen molar-refractivity contribution in [1.82, 2.24) is 0 Å². The molecule has 1 aliphatic carbocycles. The third-order valence-electron chi connectivity index (χ3n) is 1.14. The van der Waals surface area contributed by atoms with Crippen LogP contribution in [-0.2, 0) is 4.84 Å². The number of hydrogen-bond donors (Lipinski definition) is 1. The second-order valence-corrected chi connectivity index (χ2v) is 1.90. The highest BCUT2D eigenvalue weighted by Crippen LogP contribution is 2.06. The van der Waals surface area contributed by atoms with E-state index in [9.17, 15) is 0 Å². The van der Waals surface area contributed by atoms with Gasteiger partial charge in [0.05, 0.1) is 11.8 Å². The Morgan fingerprint density at radius 3 is 3.11 bits per heavy atom. The van der Waals surface area contributed by atoms with Crippen LogP contribution < -0.4 is 0 Å². The second kappa shape index (κ2) is 2.64. The molecule has 0 amide bonds. The Labute approximate surface area is 53.6 Å². The predicted molar refractivity (Wildman–Crippen MR) is 34.2 cm³/mol. The van der Waals surface area contributed by atoms with Gasteiger partial charge in [-0.05, 0) is 6.08 Å². The van der Waals surface area contributed by atoms with E-state index in [0.717, 1.165) is 5.71 Å². The largest absolute Gasteiger partial charge is 0.399 e. The Balaban J connectivity index is 2.50. The normalized spacial score (nSPS) is 29.6. The summed E-state index contributed by atoms with van der Waals surface area (Å²) in [5.74, 6) is 0. The van der Waals surface area contributed by atoms with E-state index in [-0.39, 0.29) is 6.10 Å². The van der Waals surface area contributed by atoms with Gasteiger partial charge in [-0.25, -0.2) is 0 Å². The fraction of sp³-hybridized carbons (Fsp3) is 0.500. The molecule has 0 saturated carbocycles. The lowest BCUT2D eigenvalue weighted by atomic mass is 10.3. The van der Waals surface area contributed by atoms with Crippen molar-refractivity contribution in [2.45, 2.75) is 12.5 Å². The zero-order valence-electron chi connectivity index (χ0n) is 5.24. The van der Waals surface area contributed by atoms with Crippen LogP contribution in [0.3, 0.4) is 0 Å². The van der Waals surface area contributed by atoms with Gasteiger partial charge in [0.2, 0.25) is 0 Å². The molecule has 0 radical (unpaired) electrons. The number of allylic oxidation sites excluding steroid dienone is 1. The van der Waals surface area contributed by atoms with E-state index in [1.54, 1.807) is 12.2 Å². The number of rotatable bonds is 1. The van der Waals surface area contributed by atoms with E-state index in [1.165, 1.54) is 7.11 Å². The average Bonchev–Trinajstić information content (AvgIpc) is 2.17. The van der Waals surface area contributed by atoms with Crippen LogP contribution in [0.5, 0.6) is 0 Å². The molecule has 0 spiro atoms. The van der Waals surface area contributed by atoms with Gasteiger partial charge in [-0.1, -0.05) is 11.2 Å². The lowest BCUT2D eigenvalue weighted by Crippen LogP contribution is -2.00. The van der Waals surface area contributed by atoms with Gasteiger partial charge >= 0.3 is 0 Å². The van der Waals surface area contributed by atoms with Crippen LogP contribution in [0.15, 0.2) is 17.3 Å². The molecule has 1 unspecified atom stereocenters. The number of oxime groups is 1. The van der Waals surface area contributed by atoms with Crippen LogP contribution in [0.1, 0.15) is 6.42 Å². The quantitative estimate of drug-likeness (QED) is 0.515. The lowest BCUT2D eigenvalue weighted by Gasteiger charge is -1.93. The highest BCUT2D eigenvalue weighted by atomic mass is 16.6. The maximum atomic E-state index is 8.90. The third kappa shape index (κ3) is 1.54. The molecule has 0 bridgehead atoms. The molecule has 0 heterocycles. The smallest absolute Gasteiger partial charge is 0.106 e. The monoisotopic (exact) mass is 127 g/mol. The third-order valence-corrected chi connectivity index (χ3v) is 1.14. The molecule has 0 saturated heterocycles. The summed E-state index contributed by atoms with van der Waals surface area (Å²) in [5.41, 5.74) is 0.796. The molecular weight excluding hydrogens is 118 g/mol. The molecule has 1 N–H and O–H groups in total. The lowest BCUT2D eigenvalue weighted by molar-refractivity contribution is 0.208. The Morgan fingerprint density at radius 1 is 1.89 bits per heavy atom. The summed E-state index contributed by atoms with van der Waals surface area (Å²) in [4.78, 5) is 4.50. The van der Waals surface area contributed by atoms with Crippen molar-refractivity contribution in [3.8, 4) is 0 Å². The van der Waals surface area contributed by atoms with Crippen molar-refractivity contribution in [3.05, 3.63) is 12.2 Å². The number of aliphatic hydroxyl groups is 1. The van der Waals surface area contributed by atoms with Crippen molar-refractivity contribution in [2.24, 2.45) is 5.16 Å². The number of hydrogen-bond acceptors (Lipinski definition) is 3. The van der Waals surface area contributed by atoms with Crippen molar-refractivity contribution < 1.29 is 9.94 Å². The predicted octanol–water partition coefficient (Wildman–Crippen LogP) is 0.310. The maximum Gasteiger partial charge on any atom is 0.106 e. The second-order valence-electron chi connectivity index (χ2n) is 1.90.